The first-order chi connectivity index (χ1) is 12.5. The molecule has 2 aliphatic heterocycles. The van der Waals surface area contributed by atoms with E-state index in [1.807, 2.05) is 0 Å². The number of nitrogens with zero attached hydrogens (tertiary/aromatic N) is 5. The van der Waals surface area contributed by atoms with Gasteiger partial charge in [0.1, 0.15) is 12.4 Å². The Morgan fingerprint density at radius 2 is 2.00 bits per heavy atom. The van der Waals surface area contributed by atoms with Gasteiger partial charge in [-0.2, -0.15) is 13.2 Å². The highest BCUT2D eigenvalue weighted by Crippen LogP contribution is 2.21. The number of piperidine rings is 1. The van der Waals surface area contributed by atoms with Crippen molar-refractivity contribution in [3.8, 4) is 0 Å². The van der Waals surface area contributed by atoms with Crippen molar-refractivity contribution in [1.29, 1.82) is 0 Å². The molecule has 2 saturated heterocycles. The van der Waals surface area contributed by atoms with Gasteiger partial charge in [0.2, 0.25) is 0 Å². The molecule has 0 saturated carbocycles. The van der Waals surface area contributed by atoms with Crippen LogP contribution in [0.4, 0.5) is 13.2 Å². The predicted molar refractivity (Wildman–Crippen MR) is 109 cm³/mol. The van der Waals surface area contributed by atoms with E-state index in [1.54, 1.807) is 7.05 Å². The lowest BCUT2D eigenvalue weighted by atomic mass is 10.1. The van der Waals surface area contributed by atoms with Crippen molar-refractivity contribution in [3.63, 3.8) is 0 Å². The normalized spacial score (nSPS) is 22.0. The lowest BCUT2D eigenvalue weighted by Crippen LogP contribution is -2.44. The fourth-order valence-electron chi connectivity index (χ4n) is 3.85. The highest BCUT2D eigenvalue weighted by Gasteiger charge is 2.31. The molecule has 1 aromatic rings. The molecule has 1 unspecified atom stereocenters. The molecular weight excluding hydrogens is 472 g/mol. The summed E-state index contributed by atoms with van der Waals surface area (Å²) in [5.74, 6) is 1.08. The standard InChI is InChI=1S/C17H27F3N6.HI/c1-21-16(23-11-15-22-6-10-26(15)13-17(18,19)20)25-9-5-14(12-25)24-7-3-2-4-8-24;/h6,10,14H,2-5,7-9,11-13H2,1H3,(H,21,23);1H. The van der Waals surface area contributed by atoms with Gasteiger partial charge in [-0.25, -0.2) is 4.98 Å². The Morgan fingerprint density at radius 1 is 1.26 bits per heavy atom. The molecule has 0 aliphatic carbocycles. The Kier molecular flexibility index (Phi) is 8.20. The van der Waals surface area contributed by atoms with Gasteiger partial charge in [0.25, 0.3) is 0 Å². The summed E-state index contributed by atoms with van der Waals surface area (Å²) in [5, 5.41) is 3.17. The first-order valence-corrected chi connectivity index (χ1v) is 9.22. The molecule has 2 fully saturated rings. The molecule has 1 N–H and O–H groups in total. The van der Waals surface area contributed by atoms with Crippen molar-refractivity contribution in [2.45, 2.75) is 51.0 Å². The van der Waals surface area contributed by atoms with Crippen molar-refractivity contribution >= 4 is 29.9 Å². The maximum absolute atomic E-state index is 12.6. The van der Waals surface area contributed by atoms with E-state index in [-0.39, 0.29) is 30.5 Å². The lowest BCUT2D eigenvalue weighted by molar-refractivity contribution is -0.141. The number of aliphatic imine (C=N–C) groups is 1. The summed E-state index contributed by atoms with van der Waals surface area (Å²) in [6, 6.07) is 0.543. The highest BCUT2D eigenvalue weighted by molar-refractivity contribution is 14.0. The number of hydrogen-bond donors (Lipinski definition) is 1. The number of guanidine groups is 1. The van der Waals surface area contributed by atoms with Crippen LogP contribution in [0, 0.1) is 0 Å². The quantitative estimate of drug-likeness (QED) is 0.393. The Bertz CT molecular complexity index is 612. The highest BCUT2D eigenvalue weighted by atomic mass is 127. The summed E-state index contributed by atoms with van der Waals surface area (Å²) in [6.07, 6.45) is 3.46. The van der Waals surface area contributed by atoms with Crippen LogP contribution in [0.5, 0.6) is 0 Å². The SMILES string of the molecule is CN=C(NCc1nccn1CC(F)(F)F)N1CCC(N2CCCCC2)C1.I. The average Bonchev–Trinajstić information content (AvgIpc) is 3.25. The summed E-state index contributed by atoms with van der Waals surface area (Å²) in [7, 11) is 1.71. The molecule has 6 nitrogen and oxygen atoms in total. The van der Waals surface area contributed by atoms with E-state index in [1.165, 1.54) is 44.7 Å². The second kappa shape index (κ2) is 9.94. The van der Waals surface area contributed by atoms with E-state index in [4.69, 9.17) is 0 Å². The van der Waals surface area contributed by atoms with Crippen LogP contribution in [-0.4, -0.2) is 70.8 Å². The molecule has 2 aliphatic rings. The second-order valence-electron chi connectivity index (χ2n) is 6.97. The minimum Gasteiger partial charge on any atom is -0.349 e. The summed E-state index contributed by atoms with van der Waals surface area (Å²) in [4.78, 5) is 13.1. The van der Waals surface area contributed by atoms with Crippen LogP contribution < -0.4 is 5.32 Å². The summed E-state index contributed by atoms with van der Waals surface area (Å²) in [6.45, 7) is 3.36. The molecule has 0 radical (unpaired) electrons. The molecule has 3 heterocycles. The minimum atomic E-state index is -4.26. The molecule has 1 aromatic heterocycles. The monoisotopic (exact) mass is 500 g/mol. The van der Waals surface area contributed by atoms with E-state index in [0.29, 0.717) is 11.9 Å². The molecule has 0 aromatic carbocycles. The van der Waals surface area contributed by atoms with E-state index in [0.717, 1.165) is 30.0 Å². The van der Waals surface area contributed by atoms with Crippen molar-refractivity contribution in [2.75, 3.05) is 33.2 Å². The number of nitrogens with one attached hydrogen (secondary N) is 1. The second-order valence-corrected chi connectivity index (χ2v) is 6.97. The van der Waals surface area contributed by atoms with Gasteiger partial charge in [-0.1, -0.05) is 6.42 Å². The topological polar surface area (TPSA) is 48.7 Å². The van der Waals surface area contributed by atoms with Crippen LogP contribution in [0.1, 0.15) is 31.5 Å². The third-order valence-corrected chi connectivity index (χ3v) is 5.14. The zero-order valence-corrected chi connectivity index (χ0v) is 17.9. The van der Waals surface area contributed by atoms with E-state index < -0.39 is 12.7 Å². The van der Waals surface area contributed by atoms with Crippen molar-refractivity contribution in [1.82, 2.24) is 24.7 Å². The molecule has 0 bridgehead atoms. The molecule has 154 valence electrons. The third kappa shape index (κ3) is 6.23. The van der Waals surface area contributed by atoms with Crippen LogP contribution in [0.15, 0.2) is 17.4 Å². The number of aromatic nitrogens is 2. The fraction of sp³-hybridized carbons (Fsp3) is 0.765. The number of alkyl halides is 3. The molecule has 0 amide bonds. The Hall–Kier alpha value is -1.04. The molecular formula is C17H28F3IN6. The largest absolute Gasteiger partial charge is 0.406 e. The van der Waals surface area contributed by atoms with Crippen molar-refractivity contribution in [3.05, 3.63) is 18.2 Å². The smallest absolute Gasteiger partial charge is 0.349 e. The molecule has 27 heavy (non-hydrogen) atoms. The zero-order valence-electron chi connectivity index (χ0n) is 15.6. The third-order valence-electron chi connectivity index (χ3n) is 5.14. The average molecular weight is 500 g/mol. The Balaban J connectivity index is 0.00000261. The van der Waals surface area contributed by atoms with Crippen LogP contribution in [0.2, 0.25) is 0 Å². The van der Waals surface area contributed by atoms with Gasteiger partial charge in [-0.05, 0) is 32.4 Å². The summed E-state index contributed by atoms with van der Waals surface area (Å²) < 4.78 is 39.0. The fourth-order valence-corrected chi connectivity index (χ4v) is 3.85. The summed E-state index contributed by atoms with van der Waals surface area (Å²) in [5.41, 5.74) is 0. The van der Waals surface area contributed by atoms with Crippen LogP contribution in [0.3, 0.4) is 0 Å². The lowest BCUT2D eigenvalue weighted by Gasteiger charge is -2.32. The maximum atomic E-state index is 12.6. The first kappa shape index (κ1) is 22.3. The molecule has 3 rings (SSSR count). The Morgan fingerprint density at radius 3 is 2.67 bits per heavy atom. The number of hydrogen-bond acceptors (Lipinski definition) is 3. The van der Waals surface area contributed by atoms with Gasteiger partial charge in [-0.3, -0.25) is 9.89 Å². The number of halogens is 4. The Labute approximate surface area is 175 Å². The van der Waals surface area contributed by atoms with Crippen molar-refractivity contribution < 1.29 is 13.2 Å². The van der Waals surface area contributed by atoms with Crippen molar-refractivity contribution in [2.24, 2.45) is 4.99 Å². The molecule has 0 spiro atoms. The van der Waals surface area contributed by atoms with Gasteiger partial charge in [-0.15, -0.1) is 24.0 Å². The van der Waals surface area contributed by atoms with E-state index in [9.17, 15) is 13.2 Å². The number of rotatable bonds is 4. The van der Waals surface area contributed by atoms with Gasteiger partial charge >= 0.3 is 6.18 Å². The van der Waals surface area contributed by atoms with Crippen LogP contribution in [-0.2, 0) is 13.1 Å². The van der Waals surface area contributed by atoms with Crippen LogP contribution >= 0.6 is 24.0 Å². The van der Waals surface area contributed by atoms with Gasteiger partial charge in [0.05, 0.1) is 6.54 Å². The van der Waals surface area contributed by atoms with Gasteiger partial charge in [0, 0.05) is 38.6 Å². The number of imidazole rings is 1. The van der Waals surface area contributed by atoms with Crippen LogP contribution in [0.25, 0.3) is 0 Å². The van der Waals surface area contributed by atoms with Gasteiger partial charge < -0.3 is 14.8 Å². The maximum Gasteiger partial charge on any atom is 0.406 e. The first-order valence-electron chi connectivity index (χ1n) is 9.22. The number of likely N-dealkylation sites (tertiary alicyclic amines) is 2. The minimum absolute atomic E-state index is 0. The van der Waals surface area contributed by atoms with Gasteiger partial charge in [0.15, 0.2) is 5.96 Å². The van der Waals surface area contributed by atoms with E-state index >= 15 is 0 Å². The van der Waals surface area contributed by atoms with E-state index in [2.05, 4.69) is 25.1 Å². The zero-order chi connectivity index (χ0) is 18.6. The molecule has 1 atom stereocenters. The molecule has 10 heteroatoms. The summed E-state index contributed by atoms with van der Waals surface area (Å²) >= 11 is 0. The predicted octanol–water partition coefficient (Wildman–Crippen LogP) is 2.70.